The highest BCUT2D eigenvalue weighted by molar-refractivity contribution is 5.67. The van der Waals surface area contributed by atoms with E-state index in [1.54, 1.807) is 0 Å². The highest BCUT2D eigenvalue weighted by Crippen LogP contribution is 2.23. The Labute approximate surface area is 124 Å². The zero-order valence-corrected chi connectivity index (χ0v) is 13.8. The van der Waals surface area contributed by atoms with Gasteiger partial charge >= 0.3 is 6.09 Å². The Morgan fingerprint density at radius 2 is 2.05 bits per heavy atom. The predicted octanol–water partition coefficient (Wildman–Crippen LogP) is 3.46. The van der Waals surface area contributed by atoms with E-state index in [9.17, 15) is 4.79 Å². The third-order valence-corrected chi connectivity index (χ3v) is 3.79. The summed E-state index contributed by atoms with van der Waals surface area (Å²) in [7, 11) is 0. The monoisotopic (exact) mass is 284 g/mol. The fourth-order valence-corrected chi connectivity index (χ4v) is 2.76. The van der Waals surface area contributed by atoms with Gasteiger partial charge in [-0.3, -0.25) is 0 Å². The SMILES string of the molecule is CCC(CNC(=O)OC(C)(C)C)NC1CCCC(C)C1. The molecule has 1 amide bonds. The lowest BCUT2D eigenvalue weighted by molar-refractivity contribution is 0.0520. The third-order valence-electron chi connectivity index (χ3n) is 3.79. The van der Waals surface area contributed by atoms with Gasteiger partial charge in [-0.05, 0) is 46.0 Å². The Hall–Kier alpha value is -0.770. The van der Waals surface area contributed by atoms with Crippen molar-refractivity contribution < 1.29 is 9.53 Å². The first-order chi connectivity index (χ1) is 9.30. The van der Waals surface area contributed by atoms with E-state index in [4.69, 9.17) is 4.74 Å². The predicted molar refractivity (Wildman–Crippen MR) is 82.9 cm³/mol. The largest absolute Gasteiger partial charge is 0.444 e. The van der Waals surface area contributed by atoms with Crippen molar-refractivity contribution in [1.82, 2.24) is 10.6 Å². The molecule has 0 heterocycles. The standard InChI is InChI=1S/C16H32N2O2/c1-6-13(11-17-15(19)20-16(3,4)5)18-14-9-7-8-12(2)10-14/h12-14,18H,6-11H2,1-5H3,(H,17,19). The minimum atomic E-state index is -0.433. The number of ether oxygens (including phenoxy) is 1. The molecule has 0 saturated heterocycles. The van der Waals surface area contributed by atoms with E-state index in [1.807, 2.05) is 20.8 Å². The van der Waals surface area contributed by atoms with E-state index in [2.05, 4.69) is 24.5 Å². The molecule has 3 unspecified atom stereocenters. The topological polar surface area (TPSA) is 50.4 Å². The maximum Gasteiger partial charge on any atom is 0.407 e. The van der Waals surface area contributed by atoms with Crippen LogP contribution in [-0.2, 0) is 4.74 Å². The Kier molecular flexibility index (Phi) is 6.80. The number of amides is 1. The quantitative estimate of drug-likeness (QED) is 0.813. The number of rotatable bonds is 5. The Morgan fingerprint density at radius 3 is 2.60 bits per heavy atom. The van der Waals surface area contributed by atoms with Crippen LogP contribution in [0.3, 0.4) is 0 Å². The second-order valence-corrected chi connectivity index (χ2v) is 7.12. The average molecular weight is 284 g/mol. The van der Waals surface area contributed by atoms with Gasteiger partial charge in [-0.15, -0.1) is 0 Å². The van der Waals surface area contributed by atoms with E-state index in [1.165, 1.54) is 25.7 Å². The molecule has 0 aliphatic heterocycles. The number of alkyl carbamates (subject to hydrolysis) is 1. The second-order valence-electron chi connectivity index (χ2n) is 7.12. The first-order valence-corrected chi connectivity index (χ1v) is 8.03. The summed E-state index contributed by atoms with van der Waals surface area (Å²) in [6.45, 7) is 10.8. The summed E-state index contributed by atoms with van der Waals surface area (Å²) in [6, 6.07) is 0.932. The first-order valence-electron chi connectivity index (χ1n) is 8.03. The summed E-state index contributed by atoms with van der Waals surface area (Å²) < 4.78 is 5.26. The van der Waals surface area contributed by atoms with Crippen molar-refractivity contribution >= 4 is 6.09 Å². The molecule has 20 heavy (non-hydrogen) atoms. The molecule has 1 aliphatic rings. The molecule has 0 spiro atoms. The van der Waals surface area contributed by atoms with E-state index >= 15 is 0 Å². The van der Waals surface area contributed by atoms with Gasteiger partial charge in [0, 0.05) is 18.6 Å². The fourth-order valence-electron chi connectivity index (χ4n) is 2.76. The van der Waals surface area contributed by atoms with Crippen LogP contribution in [0.5, 0.6) is 0 Å². The molecule has 2 N–H and O–H groups in total. The third kappa shape index (κ3) is 7.13. The molecule has 0 bridgehead atoms. The van der Waals surface area contributed by atoms with Crippen molar-refractivity contribution in [3.63, 3.8) is 0 Å². The van der Waals surface area contributed by atoms with Crippen LogP contribution in [0.2, 0.25) is 0 Å². The summed E-state index contributed by atoms with van der Waals surface area (Å²) in [6.07, 6.45) is 5.87. The van der Waals surface area contributed by atoms with Crippen LogP contribution in [0, 0.1) is 5.92 Å². The molecule has 1 rings (SSSR count). The number of carbonyl (C=O) groups excluding carboxylic acids is 1. The van der Waals surface area contributed by atoms with Crippen LogP contribution < -0.4 is 10.6 Å². The van der Waals surface area contributed by atoms with Gasteiger partial charge in [0.05, 0.1) is 0 Å². The number of hydrogen-bond acceptors (Lipinski definition) is 3. The van der Waals surface area contributed by atoms with Crippen LogP contribution in [0.25, 0.3) is 0 Å². The van der Waals surface area contributed by atoms with Gasteiger partial charge in [-0.1, -0.05) is 26.7 Å². The lowest BCUT2D eigenvalue weighted by Crippen LogP contribution is -2.47. The Bertz CT molecular complexity index is 299. The number of carbonyl (C=O) groups is 1. The van der Waals surface area contributed by atoms with Crippen molar-refractivity contribution in [1.29, 1.82) is 0 Å². The highest BCUT2D eigenvalue weighted by Gasteiger charge is 2.22. The van der Waals surface area contributed by atoms with E-state index in [0.717, 1.165) is 12.3 Å². The molecule has 0 aromatic rings. The second kappa shape index (κ2) is 7.87. The van der Waals surface area contributed by atoms with Crippen LogP contribution in [0.1, 0.15) is 66.7 Å². The fraction of sp³-hybridized carbons (Fsp3) is 0.938. The molecular formula is C16H32N2O2. The minimum absolute atomic E-state index is 0.324. The van der Waals surface area contributed by atoms with Crippen molar-refractivity contribution in [3.05, 3.63) is 0 Å². The molecule has 1 aliphatic carbocycles. The van der Waals surface area contributed by atoms with Gasteiger partial charge in [0.25, 0.3) is 0 Å². The van der Waals surface area contributed by atoms with Crippen LogP contribution in [0.15, 0.2) is 0 Å². The Balaban J connectivity index is 2.30. The summed E-state index contributed by atoms with van der Waals surface area (Å²) in [5.74, 6) is 0.817. The summed E-state index contributed by atoms with van der Waals surface area (Å²) in [5, 5.41) is 6.55. The minimum Gasteiger partial charge on any atom is -0.444 e. The molecule has 4 nitrogen and oxygen atoms in total. The average Bonchev–Trinajstić information content (AvgIpc) is 2.32. The van der Waals surface area contributed by atoms with Gasteiger partial charge in [0.15, 0.2) is 0 Å². The lowest BCUT2D eigenvalue weighted by Gasteiger charge is -2.31. The molecule has 0 aromatic carbocycles. The molecule has 118 valence electrons. The van der Waals surface area contributed by atoms with Crippen molar-refractivity contribution in [2.24, 2.45) is 5.92 Å². The lowest BCUT2D eigenvalue weighted by atomic mass is 9.86. The zero-order valence-electron chi connectivity index (χ0n) is 13.8. The van der Waals surface area contributed by atoms with Crippen LogP contribution in [-0.4, -0.2) is 30.3 Å². The van der Waals surface area contributed by atoms with Gasteiger partial charge in [-0.25, -0.2) is 4.79 Å². The molecule has 4 heteroatoms. The van der Waals surface area contributed by atoms with Gasteiger partial charge in [0.1, 0.15) is 5.60 Å². The van der Waals surface area contributed by atoms with Crippen molar-refractivity contribution in [3.8, 4) is 0 Å². The summed E-state index contributed by atoms with van der Waals surface area (Å²) in [4.78, 5) is 11.7. The first kappa shape index (κ1) is 17.3. The van der Waals surface area contributed by atoms with Gasteiger partial charge < -0.3 is 15.4 Å². The van der Waals surface area contributed by atoms with Gasteiger partial charge in [0.2, 0.25) is 0 Å². The molecule has 1 saturated carbocycles. The molecule has 3 atom stereocenters. The molecular weight excluding hydrogens is 252 g/mol. The molecule has 0 radical (unpaired) electrons. The Morgan fingerprint density at radius 1 is 1.35 bits per heavy atom. The number of hydrogen-bond donors (Lipinski definition) is 2. The van der Waals surface area contributed by atoms with E-state index in [0.29, 0.717) is 18.6 Å². The van der Waals surface area contributed by atoms with Crippen molar-refractivity contribution in [2.75, 3.05) is 6.54 Å². The highest BCUT2D eigenvalue weighted by atomic mass is 16.6. The van der Waals surface area contributed by atoms with Crippen molar-refractivity contribution in [2.45, 2.75) is 84.4 Å². The summed E-state index contributed by atoms with van der Waals surface area (Å²) in [5.41, 5.74) is -0.433. The zero-order chi connectivity index (χ0) is 15.2. The normalized spacial score (nSPS) is 25.1. The van der Waals surface area contributed by atoms with Crippen LogP contribution >= 0.6 is 0 Å². The smallest absolute Gasteiger partial charge is 0.407 e. The molecule has 0 aromatic heterocycles. The van der Waals surface area contributed by atoms with E-state index < -0.39 is 5.60 Å². The summed E-state index contributed by atoms with van der Waals surface area (Å²) >= 11 is 0. The van der Waals surface area contributed by atoms with Gasteiger partial charge in [-0.2, -0.15) is 0 Å². The number of nitrogens with one attached hydrogen (secondary N) is 2. The van der Waals surface area contributed by atoms with Crippen LogP contribution in [0.4, 0.5) is 4.79 Å². The maximum absolute atomic E-state index is 11.7. The van der Waals surface area contributed by atoms with E-state index in [-0.39, 0.29) is 6.09 Å². The molecule has 1 fully saturated rings. The maximum atomic E-state index is 11.7.